The van der Waals surface area contributed by atoms with Crippen LogP contribution in [0.25, 0.3) is 0 Å². The van der Waals surface area contributed by atoms with Gasteiger partial charge in [0.25, 0.3) is 0 Å². The maximum absolute atomic E-state index is 5.54. The van der Waals surface area contributed by atoms with Crippen molar-refractivity contribution in [2.75, 3.05) is 13.7 Å². The zero-order valence-electron chi connectivity index (χ0n) is 15.2. The van der Waals surface area contributed by atoms with Gasteiger partial charge in [0.2, 0.25) is 0 Å². The Labute approximate surface area is 168 Å². The lowest BCUT2D eigenvalue weighted by atomic mass is 10.1. The summed E-state index contributed by atoms with van der Waals surface area (Å²) in [5.74, 6) is 0.794. The van der Waals surface area contributed by atoms with Gasteiger partial charge in [-0.25, -0.2) is 0 Å². The average molecular weight is 453 g/mol. The van der Waals surface area contributed by atoms with Crippen LogP contribution in [0, 0.1) is 6.92 Å². The van der Waals surface area contributed by atoms with Gasteiger partial charge in [-0.15, -0.1) is 24.0 Å². The lowest BCUT2D eigenvalue weighted by Gasteiger charge is -2.14. The minimum atomic E-state index is 0. The Morgan fingerprint density at radius 2 is 1.72 bits per heavy atom. The standard InChI is InChI=1S/C20H27N3O.HI/c1-4-24-15-19-11-6-5-10-18(19)14-23-20(21-3)22-13-17-9-7-8-16(2)12-17;/h5-12H,4,13-15H2,1-3H3,(H2,21,22,23);1H. The molecule has 136 valence electrons. The number of rotatable bonds is 7. The van der Waals surface area contributed by atoms with E-state index in [2.05, 4.69) is 65.0 Å². The summed E-state index contributed by atoms with van der Waals surface area (Å²) >= 11 is 0. The van der Waals surface area contributed by atoms with Crippen LogP contribution in [0.15, 0.2) is 53.5 Å². The van der Waals surface area contributed by atoms with Crippen LogP contribution in [0.5, 0.6) is 0 Å². The summed E-state index contributed by atoms with van der Waals surface area (Å²) < 4.78 is 5.54. The maximum Gasteiger partial charge on any atom is 0.191 e. The first-order valence-electron chi connectivity index (χ1n) is 8.37. The molecule has 0 bridgehead atoms. The van der Waals surface area contributed by atoms with Crippen molar-refractivity contribution in [1.82, 2.24) is 10.6 Å². The number of ether oxygens (including phenoxy) is 1. The van der Waals surface area contributed by atoms with E-state index in [9.17, 15) is 0 Å². The van der Waals surface area contributed by atoms with Gasteiger partial charge in [-0.3, -0.25) is 4.99 Å². The smallest absolute Gasteiger partial charge is 0.191 e. The highest BCUT2D eigenvalue weighted by Crippen LogP contribution is 2.10. The third-order valence-corrected chi connectivity index (χ3v) is 3.79. The van der Waals surface area contributed by atoms with Crippen LogP contribution in [-0.4, -0.2) is 19.6 Å². The fraction of sp³-hybridized carbons (Fsp3) is 0.350. The third kappa shape index (κ3) is 7.44. The molecule has 0 saturated heterocycles. The summed E-state index contributed by atoms with van der Waals surface area (Å²) in [6, 6.07) is 16.8. The number of aliphatic imine (C=N–C) groups is 1. The fourth-order valence-electron chi connectivity index (χ4n) is 2.49. The van der Waals surface area contributed by atoms with Crippen molar-refractivity contribution >= 4 is 29.9 Å². The number of nitrogens with zero attached hydrogens (tertiary/aromatic N) is 1. The Kier molecular flexibility index (Phi) is 10.2. The van der Waals surface area contributed by atoms with Crippen molar-refractivity contribution in [3.63, 3.8) is 0 Å². The number of nitrogens with one attached hydrogen (secondary N) is 2. The largest absolute Gasteiger partial charge is 0.377 e. The summed E-state index contributed by atoms with van der Waals surface area (Å²) in [5.41, 5.74) is 4.95. The molecule has 0 aliphatic heterocycles. The van der Waals surface area contributed by atoms with Crippen LogP contribution in [0.3, 0.4) is 0 Å². The summed E-state index contributed by atoms with van der Waals surface area (Å²) in [5, 5.41) is 6.72. The molecular weight excluding hydrogens is 425 g/mol. The highest BCUT2D eigenvalue weighted by atomic mass is 127. The minimum Gasteiger partial charge on any atom is -0.377 e. The predicted octanol–water partition coefficient (Wildman–Crippen LogP) is 4.01. The van der Waals surface area contributed by atoms with Crippen LogP contribution in [0.4, 0.5) is 0 Å². The first-order valence-corrected chi connectivity index (χ1v) is 8.37. The fourth-order valence-corrected chi connectivity index (χ4v) is 2.49. The van der Waals surface area contributed by atoms with E-state index in [0.29, 0.717) is 6.61 Å². The number of benzene rings is 2. The van der Waals surface area contributed by atoms with Crippen LogP contribution in [-0.2, 0) is 24.4 Å². The van der Waals surface area contributed by atoms with E-state index in [-0.39, 0.29) is 24.0 Å². The molecule has 5 heteroatoms. The Hall–Kier alpha value is -1.60. The molecule has 2 rings (SSSR count). The van der Waals surface area contributed by atoms with Gasteiger partial charge in [0.05, 0.1) is 6.61 Å². The van der Waals surface area contributed by atoms with E-state index < -0.39 is 0 Å². The van der Waals surface area contributed by atoms with Gasteiger partial charge in [-0.05, 0) is 30.5 Å². The van der Waals surface area contributed by atoms with Crippen LogP contribution >= 0.6 is 24.0 Å². The zero-order chi connectivity index (χ0) is 17.2. The molecule has 2 N–H and O–H groups in total. The lowest BCUT2D eigenvalue weighted by molar-refractivity contribution is 0.133. The minimum absolute atomic E-state index is 0. The summed E-state index contributed by atoms with van der Waals surface area (Å²) in [4.78, 5) is 4.30. The first-order chi connectivity index (χ1) is 11.7. The number of aryl methyl sites for hydroxylation is 1. The number of hydrogen-bond acceptors (Lipinski definition) is 2. The second-order valence-electron chi connectivity index (χ2n) is 5.67. The van der Waals surface area contributed by atoms with Crippen molar-refractivity contribution in [2.45, 2.75) is 33.5 Å². The molecule has 0 radical (unpaired) electrons. The average Bonchev–Trinajstić information content (AvgIpc) is 2.61. The van der Waals surface area contributed by atoms with E-state index in [1.807, 2.05) is 13.0 Å². The molecule has 0 aliphatic carbocycles. The van der Waals surface area contributed by atoms with Gasteiger partial charge < -0.3 is 15.4 Å². The molecule has 4 nitrogen and oxygen atoms in total. The molecular formula is C20H28IN3O. The van der Waals surface area contributed by atoms with Crippen molar-refractivity contribution in [3.05, 3.63) is 70.8 Å². The maximum atomic E-state index is 5.54. The monoisotopic (exact) mass is 453 g/mol. The first kappa shape index (κ1) is 21.4. The van der Waals surface area contributed by atoms with E-state index >= 15 is 0 Å². The van der Waals surface area contributed by atoms with Gasteiger partial charge in [0.1, 0.15) is 0 Å². The predicted molar refractivity (Wildman–Crippen MR) is 115 cm³/mol. The second kappa shape index (κ2) is 11.9. The summed E-state index contributed by atoms with van der Waals surface area (Å²) in [6.07, 6.45) is 0. The second-order valence-corrected chi connectivity index (χ2v) is 5.67. The molecule has 2 aromatic carbocycles. The zero-order valence-corrected chi connectivity index (χ0v) is 17.5. The van der Waals surface area contributed by atoms with Crippen LogP contribution in [0.1, 0.15) is 29.2 Å². The van der Waals surface area contributed by atoms with Crippen molar-refractivity contribution in [1.29, 1.82) is 0 Å². The van der Waals surface area contributed by atoms with Gasteiger partial charge in [-0.2, -0.15) is 0 Å². The molecule has 0 heterocycles. The Morgan fingerprint density at radius 1 is 1.00 bits per heavy atom. The normalized spacial score (nSPS) is 10.9. The van der Waals surface area contributed by atoms with Crippen LogP contribution in [0.2, 0.25) is 0 Å². The Morgan fingerprint density at radius 3 is 2.40 bits per heavy atom. The molecule has 0 aliphatic rings. The molecule has 0 saturated carbocycles. The lowest BCUT2D eigenvalue weighted by Crippen LogP contribution is -2.36. The van der Waals surface area contributed by atoms with E-state index in [1.54, 1.807) is 7.05 Å². The quantitative estimate of drug-likeness (QED) is 0.378. The van der Waals surface area contributed by atoms with Gasteiger partial charge in [0, 0.05) is 26.7 Å². The van der Waals surface area contributed by atoms with Gasteiger partial charge in [-0.1, -0.05) is 54.1 Å². The molecule has 0 aromatic heterocycles. The highest BCUT2D eigenvalue weighted by molar-refractivity contribution is 14.0. The highest BCUT2D eigenvalue weighted by Gasteiger charge is 2.04. The SMILES string of the molecule is CCOCc1ccccc1CNC(=NC)NCc1cccc(C)c1.I. The van der Waals surface area contributed by atoms with Gasteiger partial charge in [0.15, 0.2) is 5.96 Å². The molecule has 0 spiro atoms. The van der Waals surface area contributed by atoms with Crippen LogP contribution < -0.4 is 10.6 Å². The third-order valence-electron chi connectivity index (χ3n) is 3.79. The molecule has 0 amide bonds. The van der Waals surface area contributed by atoms with Crippen molar-refractivity contribution in [3.8, 4) is 0 Å². The Bertz CT molecular complexity index is 673. The number of halogens is 1. The van der Waals surface area contributed by atoms with E-state index in [4.69, 9.17) is 4.74 Å². The molecule has 2 aromatic rings. The number of hydrogen-bond donors (Lipinski definition) is 2. The van der Waals surface area contributed by atoms with Gasteiger partial charge >= 0.3 is 0 Å². The Balaban J connectivity index is 0.00000312. The van der Waals surface area contributed by atoms with Crippen molar-refractivity contribution < 1.29 is 4.74 Å². The summed E-state index contributed by atoms with van der Waals surface area (Å²) in [6.45, 7) is 6.95. The summed E-state index contributed by atoms with van der Waals surface area (Å²) in [7, 11) is 1.79. The van der Waals surface area contributed by atoms with E-state index in [1.165, 1.54) is 22.3 Å². The molecule has 0 fully saturated rings. The molecule has 25 heavy (non-hydrogen) atoms. The van der Waals surface area contributed by atoms with E-state index in [0.717, 1.165) is 25.7 Å². The number of guanidine groups is 1. The van der Waals surface area contributed by atoms with Crippen molar-refractivity contribution in [2.24, 2.45) is 4.99 Å². The molecule has 0 atom stereocenters. The topological polar surface area (TPSA) is 45.6 Å². The molecule has 0 unspecified atom stereocenters.